The number of carbonyl (C=O) groups excluding carboxylic acids is 1. The van der Waals surface area contributed by atoms with Gasteiger partial charge in [-0.25, -0.2) is 4.98 Å². The lowest BCUT2D eigenvalue weighted by Gasteiger charge is -2.34. The van der Waals surface area contributed by atoms with Gasteiger partial charge in [0.15, 0.2) is 0 Å². The summed E-state index contributed by atoms with van der Waals surface area (Å²) >= 11 is 6.16. The highest BCUT2D eigenvalue weighted by atomic mass is 35.5. The van der Waals surface area contributed by atoms with E-state index in [1.165, 1.54) is 16.8 Å². The minimum Gasteiger partial charge on any atom is -0.366 e. The Bertz CT molecular complexity index is 1300. The molecule has 3 aromatic carbocycles. The largest absolute Gasteiger partial charge is 0.366 e. The van der Waals surface area contributed by atoms with E-state index in [1.54, 1.807) is 0 Å². The van der Waals surface area contributed by atoms with Crippen LogP contribution in [0.2, 0.25) is 5.02 Å². The van der Waals surface area contributed by atoms with Crippen molar-refractivity contribution in [2.24, 2.45) is 0 Å². The number of anilines is 1. The van der Waals surface area contributed by atoms with Gasteiger partial charge in [0, 0.05) is 46.7 Å². The van der Waals surface area contributed by atoms with Crippen molar-refractivity contribution in [1.29, 1.82) is 0 Å². The van der Waals surface area contributed by atoms with Gasteiger partial charge in [-0.05, 0) is 55.7 Å². The van der Waals surface area contributed by atoms with Crippen LogP contribution in [0.15, 0.2) is 72.8 Å². The van der Waals surface area contributed by atoms with Crippen molar-refractivity contribution in [2.45, 2.75) is 26.3 Å². The zero-order valence-electron chi connectivity index (χ0n) is 18.6. The molecular formula is C28H26ClN3O. The van der Waals surface area contributed by atoms with E-state index in [0.717, 1.165) is 48.1 Å². The Hall–Kier alpha value is -3.37. The van der Waals surface area contributed by atoms with Crippen LogP contribution in [0.1, 0.15) is 34.8 Å². The highest BCUT2D eigenvalue weighted by Crippen LogP contribution is 2.40. The van der Waals surface area contributed by atoms with Gasteiger partial charge >= 0.3 is 0 Å². The first-order valence-electron chi connectivity index (χ1n) is 11.4. The Morgan fingerprint density at radius 2 is 1.85 bits per heavy atom. The van der Waals surface area contributed by atoms with Gasteiger partial charge in [-0.3, -0.25) is 4.79 Å². The number of benzene rings is 3. The second-order valence-corrected chi connectivity index (χ2v) is 8.83. The van der Waals surface area contributed by atoms with E-state index in [0.29, 0.717) is 17.1 Å². The number of aromatic nitrogens is 1. The number of halogens is 1. The quantitative estimate of drug-likeness (QED) is 0.386. The lowest BCUT2D eigenvalue weighted by atomic mass is 9.92. The first kappa shape index (κ1) is 21.5. The molecule has 0 saturated heterocycles. The number of amides is 1. The summed E-state index contributed by atoms with van der Waals surface area (Å²) in [6, 6.07) is 24.3. The van der Waals surface area contributed by atoms with E-state index in [2.05, 4.69) is 34.5 Å². The molecule has 0 bridgehead atoms. The maximum atomic E-state index is 12.6. The van der Waals surface area contributed by atoms with Crippen molar-refractivity contribution in [1.82, 2.24) is 10.3 Å². The third-order valence-corrected chi connectivity index (χ3v) is 6.41. The second kappa shape index (κ2) is 9.24. The van der Waals surface area contributed by atoms with E-state index in [1.807, 2.05) is 55.5 Å². The van der Waals surface area contributed by atoms with Crippen LogP contribution in [-0.2, 0) is 13.0 Å². The van der Waals surface area contributed by atoms with Gasteiger partial charge < -0.3 is 10.2 Å². The molecule has 0 fully saturated rings. The molecule has 2 heterocycles. The van der Waals surface area contributed by atoms with Crippen LogP contribution >= 0.6 is 11.6 Å². The number of carbonyl (C=O) groups is 1. The fourth-order valence-corrected chi connectivity index (χ4v) is 4.78. The molecule has 0 atom stereocenters. The van der Waals surface area contributed by atoms with Gasteiger partial charge in [0.1, 0.15) is 0 Å². The summed E-state index contributed by atoms with van der Waals surface area (Å²) in [5.74, 6) is -0.0552. The standard InChI is InChI=1S/C28H26ClN3O/c1-2-30-28(33)21-12-15-25-24(17-21)27-23(26(31-25)20-10-13-22(29)14-11-20)9-6-16-32(27)18-19-7-4-3-5-8-19/h3-5,7-8,10-15,17H,2,6,9,16,18H2,1H3,(H,30,33). The molecule has 33 heavy (non-hydrogen) atoms. The van der Waals surface area contributed by atoms with E-state index in [9.17, 15) is 4.79 Å². The van der Waals surface area contributed by atoms with Crippen molar-refractivity contribution in [3.63, 3.8) is 0 Å². The average molecular weight is 456 g/mol. The van der Waals surface area contributed by atoms with Crippen LogP contribution in [0.25, 0.3) is 22.2 Å². The summed E-state index contributed by atoms with van der Waals surface area (Å²) in [6.45, 7) is 4.32. The Morgan fingerprint density at radius 3 is 2.61 bits per heavy atom. The topological polar surface area (TPSA) is 45.2 Å². The molecule has 166 valence electrons. The minimum absolute atomic E-state index is 0.0552. The SMILES string of the molecule is CCNC(=O)c1ccc2nc(-c3ccc(Cl)cc3)c3c(c2c1)N(Cc1ccccc1)CCC3. The third-order valence-electron chi connectivity index (χ3n) is 6.16. The monoisotopic (exact) mass is 455 g/mol. The van der Waals surface area contributed by atoms with Crippen LogP contribution in [0.5, 0.6) is 0 Å². The average Bonchev–Trinajstić information content (AvgIpc) is 2.84. The van der Waals surface area contributed by atoms with Crippen molar-refractivity contribution in [2.75, 3.05) is 18.0 Å². The number of pyridine rings is 1. The molecule has 1 aromatic heterocycles. The molecule has 0 radical (unpaired) electrons. The molecule has 1 aliphatic rings. The number of fused-ring (bicyclic) bond motifs is 3. The van der Waals surface area contributed by atoms with Gasteiger partial charge in [-0.2, -0.15) is 0 Å². The second-order valence-electron chi connectivity index (χ2n) is 8.40. The van der Waals surface area contributed by atoms with Crippen LogP contribution in [0, 0.1) is 0 Å². The molecule has 5 rings (SSSR count). The van der Waals surface area contributed by atoms with Crippen molar-refractivity contribution < 1.29 is 4.79 Å². The Kier molecular flexibility index (Phi) is 6.01. The lowest BCUT2D eigenvalue weighted by molar-refractivity contribution is 0.0956. The van der Waals surface area contributed by atoms with Crippen molar-refractivity contribution in [3.05, 3.63) is 94.5 Å². The fraction of sp³-hybridized carbons (Fsp3) is 0.214. The molecular weight excluding hydrogens is 430 g/mol. The predicted molar refractivity (Wildman–Crippen MR) is 136 cm³/mol. The summed E-state index contributed by atoms with van der Waals surface area (Å²) in [6.07, 6.45) is 2.01. The molecule has 4 nitrogen and oxygen atoms in total. The maximum Gasteiger partial charge on any atom is 0.251 e. The fourth-order valence-electron chi connectivity index (χ4n) is 4.65. The number of hydrogen-bond acceptors (Lipinski definition) is 3. The van der Waals surface area contributed by atoms with Gasteiger partial charge in [0.05, 0.1) is 16.9 Å². The molecule has 0 spiro atoms. The molecule has 5 heteroatoms. The summed E-state index contributed by atoms with van der Waals surface area (Å²) in [5, 5.41) is 4.66. The van der Waals surface area contributed by atoms with E-state index >= 15 is 0 Å². The molecule has 1 aliphatic heterocycles. The summed E-state index contributed by atoms with van der Waals surface area (Å²) in [7, 11) is 0. The molecule has 0 unspecified atom stereocenters. The van der Waals surface area contributed by atoms with Crippen molar-refractivity contribution in [3.8, 4) is 11.3 Å². The predicted octanol–water partition coefficient (Wildman–Crippen LogP) is 6.26. The van der Waals surface area contributed by atoms with Gasteiger partial charge in [0.2, 0.25) is 0 Å². The van der Waals surface area contributed by atoms with Gasteiger partial charge in [-0.1, -0.05) is 54.1 Å². The summed E-state index contributed by atoms with van der Waals surface area (Å²) in [5.41, 5.74) is 7.31. The Balaban J connectivity index is 1.72. The smallest absolute Gasteiger partial charge is 0.251 e. The summed E-state index contributed by atoms with van der Waals surface area (Å²) in [4.78, 5) is 20.1. The number of nitrogens with one attached hydrogen (secondary N) is 1. The van der Waals surface area contributed by atoms with Gasteiger partial charge in [0.25, 0.3) is 5.91 Å². The number of rotatable bonds is 5. The minimum atomic E-state index is -0.0552. The normalized spacial score (nSPS) is 13.1. The molecule has 1 N–H and O–H groups in total. The molecule has 4 aromatic rings. The Morgan fingerprint density at radius 1 is 1.06 bits per heavy atom. The van der Waals surface area contributed by atoms with Crippen LogP contribution < -0.4 is 10.2 Å². The van der Waals surface area contributed by atoms with E-state index in [4.69, 9.17) is 16.6 Å². The van der Waals surface area contributed by atoms with E-state index < -0.39 is 0 Å². The zero-order chi connectivity index (χ0) is 22.8. The van der Waals surface area contributed by atoms with Crippen LogP contribution in [0.3, 0.4) is 0 Å². The van der Waals surface area contributed by atoms with Gasteiger partial charge in [-0.15, -0.1) is 0 Å². The highest BCUT2D eigenvalue weighted by molar-refractivity contribution is 6.30. The number of hydrogen-bond donors (Lipinski definition) is 1. The maximum absolute atomic E-state index is 12.6. The van der Waals surface area contributed by atoms with Crippen molar-refractivity contribution >= 4 is 34.1 Å². The lowest BCUT2D eigenvalue weighted by Crippen LogP contribution is -2.30. The molecule has 0 aliphatic carbocycles. The third kappa shape index (κ3) is 4.31. The van der Waals surface area contributed by atoms with E-state index in [-0.39, 0.29) is 5.91 Å². The van der Waals surface area contributed by atoms with Crippen LogP contribution in [0.4, 0.5) is 5.69 Å². The Labute approximate surface area is 199 Å². The first-order valence-corrected chi connectivity index (χ1v) is 11.8. The zero-order valence-corrected chi connectivity index (χ0v) is 19.4. The highest BCUT2D eigenvalue weighted by Gasteiger charge is 2.25. The van der Waals surface area contributed by atoms with Crippen LogP contribution in [-0.4, -0.2) is 24.0 Å². The number of nitrogens with zero attached hydrogens (tertiary/aromatic N) is 2. The molecule has 1 amide bonds. The first-order chi connectivity index (χ1) is 16.1. The summed E-state index contributed by atoms with van der Waals surface area (Å²) < 4.78 is 0. The molecule has 0 saturated carbocycles.